The van der Waals surface area contributed by atoms with Crippen LogP contribution in [0.5, 0.6) is 0 Å². The minimum Gasteiger partial charge on any atom is -0.376 e. The predicted octanol–water partition coefficient (Wildman–Crippen LogP) is 3.49. The second-order valence-electron chi connectivity index (χ2n) is 8.40. The molecule has 1 aliphatic heterocycles. The topological polar surface area (TPSA) is 15.7 Å². The maximum atomic E-state index is 5.94. The Morgan fingerprint density at radius 3 is 2.62 bits per heavy atom. The molecule has 0 unspecified atom stereocenters. The van der Waals surface area contributed by atoms with E-state index in [1.54, 1.807) is 0 Å². The number of rotatable bonds is 8. The molecule has 1 fully saturated rings. The Morgan fingerprint density at radius 1 is 1.29 bits per heavy atom. The number of hydrogen-bond acceptors (Lipinski definition) is 3. The van der Waals surface area contributed by atoms with Crippen molar-refractivity contribution in [2.45, 2.75) is 60.0 Å². The van der Waals surface area contributed by atoms with Crippen LogP contribution in [0.4, 0.5) is 0 Å². The first kappa shape index (κ1) is 18.9. The summed E-state index contributed by atoms with van der Waals surface area (Å²) in [6.07, 6.45) is 4.22. The van der Waals surface area contributed by atoms with Crippen LogP contribution in [-0.2, 0) is 4.74 Å². The van der Waals surface area contributed by atoms with Crippen LogP contribution in [0.1, 0.15) is 53.9 Å². The molecule has 0 aromatic heterocycles. The highest BCUT2D eigenvalue weighted by molar-refractivity contribution is 4.74. The lowest BCUT2D eigenvalue weighted by molar-refractivity contribution is -0.0359. The second-order valence-corrected chi connectivity index (χ2v) is 8.40. The van der Waals surface area contributed by atoms with E-state index in [2.05, 4.69) is 51.5 Å². The van der Waals surface area contributed by atoms with E-state index in [0.717, 1.165) is 32.2 Å². The molecule has 0 saturated carbocycles. The summed E-state index contributed by atoms with van der Waals surface area (Å²) in [6, 6.07) is 0. The van der Waals surface area contributed by atoms with Crippen molar-refractivity contribution in [1.29, 1.82) is 0 Å². The van der Waals surface area contributed by atoms with Gasteiger partial charge in [0.15, 0.2) is 0 Å². The molecular weight excluding hydrogens is 260 g/mol. The van der Waals surface area contributed by atoms with E-state index >= 15 is 0 Å². The summed E-state index contributed by atoms with van der Waals surface area (Å²) in [6.45, 7) is 18.3. The largest absolute Gasteiger partial charge is 0.376 e. The summed E-state index contributed by atoms with van der Waals surface area (Å²) >= 11 is 0. The van der Waals surface area contributed by atoms with Gasteiger partial charge in [-0.3, -0.25) is 4.90 Å². The molecule has 3 nitrogen and oxygen atoms in total. The summed E-state index contributed by atoms with van der Waals surface area (Å²) in [5.74, 6) is 0.746. The number of nitrogens with zero attached hydrogens (tertiary/aromatic N) is 2. The van der Waals surface area contributed by atoms with Crippen LogP contribution in [0.25, 0.3) is 0 Å². The average Bonchev–Trinajstić information content (AvgIpc) is 2.34. The lowest BCUT2D eigenvalue weighted by atomic mass is 9.90. The molecule has 1 aliphatic rings. The van der Waals surface area contributed by atoms with Crippen LogP contribution in [0.2, 0.25) is 0 Å². The summed E-state index contributed by atoms with van der Waals surface area (Å²) < 4.78 is 5.94. The fraction of sp³-hybridized carbons (Fsp3) is 1.00. The Balaban J connectivity index is 2.19. The fourth-order valence-corrected chi connectivity index (χ4v) is 3.07. The number of ether oxygens (including phenoxy) is 1. The van der Waals surface area contributed by atoms with E-state index in [1.807, 2.05) is 0 Å². The van der Waals surface area contributed by atoms with E-state index in [4.69, 9.17) is 4.74 Å². The Hall–Kier alpha value is -0.120. The smallest absolute Gasteiger partial charge is 0.0714 e. The first-order chi connectivity index (χ1) is 9.76. The molecule has 1 saturated heterocycles. The molecule has 0 aromatic rings. The Bertz CT molecular complexity index is 273. The molecule has 0 aliphatic carbocycles. The Labute approximate surface area is 133 Å². The quantitative estimate of drug-likeness (QED) is 0.682. The van der Waals surface area contributed by atoms with Crippen LogP contribution in [-0.4, -0.2) is 62.3 Å². The van der Waals surface area contributed by atoms with Crippen LogP contribution >= 0.6 is 0 Å². The zero-order valence-corrected chi connectivity index (χ0v) is 15.3. The van der Waals surface area contributed by atoms with Crippen molar-refractivity contribution < 1.29 is 4.74 Å². The molecule has 0 aromatic carbocycles. The van der Waals surface area contributed by atoms with Gasteiger partial charge in [-0.1, -0.05) is 34.6 Å². The number of hydrogen-bond donors (Lipinski definition) is 0. The van der Waals surface area contributed by atoms with E-state index in [9.17, 15) is 0 Å². The van der Waals surface area contributed by atoms with Gasteiger partial charge in [0.2, 0.25) is 0 Å². The highest BCUT2D eigenvalue weighted by atomic mass is 16.5. The van der Waals surface area contributed by atoms with Crippen LogP contribution in [0.15, 0.2) is 0 Å². The molecule has 0 bridgehead atoms. The average molecular weight is 299 g/mol. The SMILES string of the molecule is CC(C)CN(C)CC[C@@H]1CN(CCCC(C)(C)C)CCO1. The van der Waals surface area contributed by atoms with Gasteiger partial charge in [-0.15, -0.1) is 0 Å². The first-order valence-electron chi connectivity index (χ1n) is 8.79. The maximum absolute atomic E-state index is 5.94. The molecule has 3 heteroatoms. The van der Waals surface area contributed by atoms with Crippen LogP contribution < -0.4 is 0 Å². The third-order valence-electron chi connectivity index (χ3n) is 4.13. The first-order valence-corrected chi connectivity index (χ1v) is 8.79. The summed E-state index contributed by atoms with van der Waals surface area (Å²) in [4.78, 5) is 5.04. The molecule has 0 spiro atoms. The lowest BCUT2D eigenvalue weighted by Gasteiger charge is -2.34. The normalized spacial score (nSPS) is 21.4. The standard InChI is InChI=1S/C18H38N2O/c1-16(2)14-19(6)11-8-17-15-20(12-13-21-17)10-7-9-18(3,4)5/h16-17H,7-15H2,1-6H3/t17-/m1/s1. The van der Waals surface area contributed by atoms with Crippen molar-refractivity contribution in [3.63, 3.8) is 0 Å². The molecular formula is C18H38N2O. The molecule has 126 valence electrons. The summed E-state index contributed by atoms with van der Waals surface area (Å²) in [5, 5.41) is 0. The van der Waals surface area contributed by atoms with Crippen molar-refractivity contribution in [3.8, 4) is 0 Å². The third kappa shape index (κ3) is 9.49. The van der Waals surface area contributed by atoms with Gasteiger partial charge < -0.3 is 9.64 Å². The van der Waals surface area contributed by atoms with Crippen molar-refractivity contribution in [3.05, 3.63) is 0 Å². The Morgan fingerprint density at radius 2 is 2.00 bits per heavy atom. The lowest BCUT2D eigenvalue weighted by Crippen LogP contribution is -2.44. The molecule has 1 heterocycles. The van der Waals surface area contributed by atoms with E-state index in [1.165, 1.54) is 32.4 Å². The van der Waals surface area contributed by atoms with Gasteiger partial charge >= 0.3 is 0 Å². The van der Waals surface area contributed by atoms with Crippen LogP contribution in [0.3, 0.4) is 0 Å². The monoisotopic (exact) mass is 298 g/mol. The third-order valence-corrected chi connectivity index (χ3v) is 4.13. The zero-order valence-electron chi connectivity index (χ0n) is 15.3. The summed E-state index contributed by atoms with van der Waals surface area (Å²) in [5.41, 5.74) is 0.464. The predicted molar refractivity (Wildman–Crippen MR) is 91.8 cm³/mol. The van der Waals surface area contributed by atoms with E-state index < -0.39 is 0 Å². The highest BCUT2D eigenvalue weighted by Gasteiger charge is 2.21. The maximum Gasteiger partial charge on any atom is 0.0714 e. The van der Waals surface area contributed by atoms with Gasteiger partial charge in [-0.25, -0.2) is 0 Å². The van der Waals surface area contributed by atoms with Gasteiger partial charge in [-0.2, -0.15) is 0 Å². The molecule has 0 radical (unpaired) electrons. The molecule has 21 heavy (non-hydrogen) atoms. The highest BCUT2D eigenvalue weighted by Crippen LogP contribution is 2.21. The van der Waals surface area contributed by atoms with E-state index in [-0.39, 0.29) is 0 Å². The minimum atomic E-state index is 0.433. The zero-order chi connectivity index (χ0) is 15.9. The Kier molecular flexibility index (Phi) is 8.22. The van der Waals surface area contributed by atoms with Crippen molar-refractivity contribution in [2.24, 2.45) is 11.3 Å². The van der Waals surface area contributed by atoms with Gasteiger partial charge in [0.25, 0.3) is 0 Å². The van der Waals surface area contributed by atoms with E-state index in [0.29, 0.717) is 11.5 Å². The molecule has 0 amide bonds. The van der Waals surface area contributed by atoms with Crippen molar-refractivity contribution >= 4 is 0 Å². The van der Waals surface area contributed by atoms with Gasteiger partial charge in [-0.05, 0) is 44.2 Å². The fourth-order valence-electron chi connectivity index (χ4n) is 3.07. The van der Waals surface area contributed by atoms with Gasteiger partial charge in [0.05, 0.1) is 12.7 Å². The molecule has 1 rings (SSSR count). The van der Waals surface area contributed by atoms with Crippen LogP contribution in [0, 0.1) is 11.3 Å². The molecule has 0 N–H and O–H groups in total. The van der Waals surface area contributed by atoms with Gasteiger partial charge in [0, 0.05) is 26.2 Å². The van der Waals surface area contributed by atoms with Crippen molar-refractivity contribution in [1.82, 2.24) is 9.80 Å². The van der Waals surface area contributed by atoms with Gasteiger partial charge in [0.1, 0.15) is 0 Å². The number of morpholine rings is 1. The molecule has 1 atom stereocenters. The summed E-state index contributed by atoms with van der Waals surface area (Å²) in [7, 11) is 2.23. The second kappa shape index (κ2) is 9.12. The van der Waals surface area contributed by atoms with Crippen molar-refractivity contribution in [2.75, 3.05) is 46.4 Å². The minimum absolute atomic E-state index is 0.433.